The van der Waals surface area contributed by atoms with Crippen LogP contribution in [0, 0.1) is 0 Å². The Morgan fingerprint density at radius 1 is 1.42 bits per heavy atom. The van der Waals surface area contributed by atoms with Crippen molar-refractivity contribution in [1.82, 2.24) is 4.31 Å². The molecule has 2 rings (SSSR count). The van der Waals surface area contributed by atoms with Gasteiger partial charge in [0.05, 0.1) is 15.6 Å². The lowest BCUT2D eigenvalue weighted by Gasteiger charge is -2.21. The minimum Gasteiger partial charge on any atom is -0.397 e. The largest absolute Gasteiger partial charge is 0.397 e. The van der Waals surface area contributed by atoms with E-state index in [2.05, 4.69) is 0 Å². The van der Waals surface area contributed by atoms with Gasteiger partial charge in [0.15, 0.2) is 0 Å². The van der Waals surface area contributed by atoms with Crippen molar-refractivity contribution in [1.29, 1.82) is 0 Å². The van der Waals surface area contributed by atoms with Gasteiger partial charge in [-0.3, -0.25) is 4.79 Å². The number of nitrogens with zero attached hydrogens (tertiary/aromatic N) is 1. The van der Waals surface area contributed by atoms with Crippen LogP contribution in [-0.4, -0.2) is 31.2 Å². The second-order valence-electron chi connectivity index (χ2n) is 4.36. The molecule has 0 radical (unpaired) electrons. The smallest absolute Gasteiger partial charge is 0.243 e. The van der Waals surface area contributed by atoms with Gasteiger partial charge in [0.25, 0.3) is 0 Å². The molecule has 8 heteroatoms. The molecule has 19 heavy (non-hydrogen) atoms. The average molecular weight is 304 g/mol. The lowest BCUT2D eigenvalue weighted by Crippen LogP contribution is -2.43. The van der Waals surface area contributed by atoms with Crippen molar-refractivity contribution in [3.63, 3.8) is 0 Å². The number of hydrogen-bond donors (Lipinski definition) is 2. The van der Waals surface area contributed by atoms with E-state index >= 15 is 0 Å². The van der Waals surface area contributed by atoms with Crippen LogP contribution in [0.5, 0.6) is 0 Å². The van der Waals surface area contributed by atoms with Crippen LogP contribution in [0.25, 0.3) is 0 Å². The fraction of sp³-hybridized carbons (Fsp3) is 0.364. The molecule has 1 aliphatic rings. The number of hydrogen-bond acceptors (Lipinski definition) is 4. The summed E-state index contributed by atoms with van der Waals surface area (Å²) >= 11 is 5.76. The molecule has 0 saturated carbocycles. The number of amides is 1. The summed E-state index contributed by atoms with van der Waals surface area (Å²) in [6, 6.07) is 3.28. The molecule has 104 valence electrons. The summed E-state index contributed by atoms with van der Waals surface area (Å²) in [5.74, 6) is -0.636. The monoisotopic (exact) mass is 303 g/mol. The number of halogens is 1. The lowest BCUT2D eigenvalue weighted by atomic mass is 10.2. The Balaban J connectivity index is 2.42. The SMILES string of the molecule is NC(=O)C1CCCN1S(=O)(=O)c1ccc(Cl)c(N)c1. The molecule has 0 aliphatic carbocycles. The van der Waals surface area contributed by atoms with E-state index in [-0.39, 0.29) is 22.2 Å². The highest BCUT2D eigenvalue weighted by atomic mass is 35.5. The van der Waals surface area contributed by atoms with Crippen molar-refractivity contribution < 1.29 is 13.2 Å². The number of sulfonamides is 1. The van der Waals surface area contributed by atoms with Crippen molar-refractivity contribution >= 4 is 33.2 Å². The molecule has 1 aromatic rings. The number of nitrogen functional groups attached to an aromatic ring is 1. The van der Waals surface area contributed by atoms with Gasteiger partial charge in [-0.05, 0) is 31.0 Å². The van der Waals surface area contributed by atoms with Crippen LogP contribution in [0.2, 0.25) is 5.02 Å². The molecule has 1 aliphatic heterocycles. The summed E-state index contributed by atoms with van der Waals surface area (Å²) in [5.41, 5.74) is 11.0. The second kappa shape index (κ2) is 4.99. The second-order valence-corrected chi connectivity index (χ2v) is 6.66. The Labute approximate surface area is 116 Å². The molecule has 1 saturated heterocycles. The summed E-state index contributed by atoms with van der Waals surface area (Å²) in [5, 5.41) is 0.284. The standard InChI is InChI=1S/C11H14ClN3O3S/c12-8-4-3-7(6-9(8)13)19(17,18)15-5-1-2-10(15)11(14)16/h3-4,6,10H,1-2,5,13H2,(H2,14,16). The number of anilines is 1. The maximum absolute atomic E-state index is 12.4. The highest BCUT2D eigenvalue weighted by Gasteiger charge is 2.38. The number of primary amides is 1. The van der Waals surface area contributed by atoms with Crippen molar-refractivity contribution in [3.05, 3.63) is 23.2 Å². The van der Waals surface area contributed by atoms with Gasteiger partial charge in [0.1, 0.15) is 6.04 Å². The molecule has 0 spiro atoms. The van der Waals surface area contributed by atoms with Crippen LogP contribution < -0.4 is 11.5 Å². The number of carbonyl (C=O) groups excluding carboxylic acids is 1. The van der Waals surface area contributed by atoms with Gasteiger partial charge in [0.2, 0.25) is 15.9 Å². The first kappa shape index (κ1) is 14.1. The molecule has 0 aromatic heterocycles. The Morgan fingerprint density at radius 2 is 2.11 bits per heavy atom. The van der Waals surface area contributed by atoms with Crippen LogP contribution in [0.4, 0.5) is 5.69 Å². The molecular formula is C11H14ClN3O3S. The minimum atomic E-state index is -3.78. The van der Waals surface area contributed by atoms with Gasteiger partial charge < -0.3 is 11.5 Å². The van der Waals surface area contributed by atoms with Gasteiger partial charge >= 0.3 is 0 Å². The first-order chi connectivity index (χ1) is 8.84. The number of carbonyl (C=O) groups is 1. The first-order valence-corrected chi connectivity index (χ1v) is 7.52. The van der Waals surface area contributed by atoms with E-state index in [0.717, 1.165) is 4.31 Å². The van der Waals surface area contributed by atoms with Crippen molar-refractivity contribution in [2.75, 3.05) is 12.3 Å². The minimum absolute atomic E-state index is 0.0163. The molecule has 1 aromatic carbocycles. The van der Waals surface area contributed by atoms with Crippen molar-refractivity contribution in [3.8, 4) is 0 Å². The number of nitrogens with two attached hydrogens (primary N) is 2. The highest BCUT2D eigenvalue weighted by molar-refractivity contribution is 7.89. The van der Waals surface area contributed by atoms with Crippen LogP contribution in [-0.2, 0) is 14.8 Å². The van der Waals surface area contributed by atoms with Crippen LogP contribution >= 0.6 is 11.6 Å². The van der Waals surface area contributed by atoms with Crippen LogP contribution in [0.3, 0.4) is 0 Å². The quantitative estimate of drug-likeness (QED) is 0.796. The van der Waals surface area contributed by atoms with E-state index in [0.29, 0.717) is 12.8 Å². The molecular weight excluding hydrogens is 290 g/mol. The number of benzene rings is 1. The molecule has 4 N–H and O–H groups in total. The lowest BCUT2D eigenvalue weighted by molar-refractivity contribution is -0.121. The summed E-state index contributed by atoms with van der Waals surface area (Å²) in [6.07, 6.45) is 1.05. The summed E-state index contributed by atoms with van der Waals surface area (Å²) in [6.45, 7) is 0.276. The molecule has 1 fully saturated rings. The molecule has 1 amide bonds. The Kier molecular flexibility index (Phi) is 3.71. The third kappa shape index (κ3) is 2.54. The van der Waals surface area contributed by atoms with E-state index in [1.165, 1.54) is 18.2 Å². The fourth-order valence-electron chi connectivity index (χ4n) is 2.13. The zero-order valence-electron chi connectivity index (χ0n) is 10.0. The zero-order valence-corrected chi connectivity index (χ0v) is 11.6. The van der Waals surface area contributed by atoms with Gasteiger partial charge in [0, 0.05) is 6.54 Å². The predicted octanol–water partition coefficient (Wildman–Crippen LogP) is 0.561. The molecule has 0 bridgehead atoms. The predicted molar refractivity (Wildman–Crippen MR) is 72.0 cm³/mol. The van der Waals surface area contributed by atoms with E-state index < -0.39 is 22.0 Å². The maximum Gasteiger partial charge on any atom is 0.243 e. The molecule has 1 heterocycles. The third-order valence-corrected chi connectivity index (χ3v) is 5.35. The highest BCUT2D eigenvalue weighted by Crippen LogP contribution is 2.29. The van der Waals surface area contributed by atoms with Crippen molar-refractivity contribution in [2.45, 2.75) is 23.8 Å². The molecule has 1 unspecified atom stereocenters. The van der Waals surface area contributed by atoms with E-state index in [9.17, 15) is 13.2 Å². The van der Waals surface area contributed by atoms with Gasteiger partial charge in [-0.2, -0.15) is 4.31 Å². The van der Waals surface area contributed by atoms with Gasteiger partial charge in [-0.15, -0.1) is 0 Å². The molecule has 6 nitrogen and oxygen atoms in total. The Hall–Kier alpha value is -1.31. The third-order valence-electron chi connectivity index (χ3n) is 3.11. The van der Waals surface area contributed by atoms with Gasteiger partial charge in [-0.1, -0.05) is 11.6 Å². The summed E-state index contributed by atoms with van der Waals surface area (Å²) in [4.78, 5) is 11.3. The van der Waals surface area contributed by atoms with Crippen LogP contribution in [0.1, 0.15) is 12.8 Å². The normalized spacial score (nSPS) is 20.6. The van der Waals surface area contributed by atoms with E-state index in [1.807, 2.05) is 0 Å². The summed E-state index contributed by atoms with van der Waals surface area (Å²) < 4.78 is 26.0. The van der Waals surface area contributed by atoms with Gasteiger partial charge in [-0.25, -0.2) is 8.42 Å². The molecule has 1 atom stereocenters. The van der Waals surface area contributed by atoms with E-state index in [4.69, 9.17) is 23.1 Å². The summed E-state index contributed by atoms with van der Waals surface area (Å²) in [7, 11) is -3.78. The van der Waals surface area contributed by atoms with Crippen molar-refractivity contribution in [2.24, 2.45) is 5.73 Å². The van der Waals surface area contributed by atoms with E-state index in [1.54, 1.807) is 0 Å². The Bertz CT molecular complexity index is 618. The van der Waals surface area contributed by atoms with Crippen LogP contribution in [0.15, 0.2) is 23.1 Å². The topological polar surface area (TPSA) is 106 Å². The average Bonchev–Trinajstić information content (AvgIpc) is 2.82. The fourth-order valence-corrected chi connectivity index (χ4v) is 3.95. The zero-order chi connectivity index (χ0) is 14.2. The number of rotatable bonds is 3. The first-order valence-electron chi connectivity index (χ1n) is 5.70. The Morgan fingerprint density at radius 3 is 2.68 bits per heavy atom. The maximum atomic E-state index is 12.4.